The average molecular weight is 308 g/mol. The van der Waals surface area contributed by atoms with E-state index in [0.29, 0.717) is 11.3 Å². The fraction of sp³-hybridized carbons (Fsp3) is 0.545. The largest absolute Gasteiger partial charge is 0.380 e. The van der Waals surface area contributed by atoms with Gasteiger partial charge in [0.15, 0.2) is 0 Å². The molecule has 0 saturated carbocycles. The molecule has 1 N–H and O–H groups in total. The lowest BCUT2D eigenvalue weighted by atomic mass is 9.65. The highest BCUT2D eigenvalue weighted by Crippen LogP contribution is 2.48. The van der Waals surface area contributed by atoms with Crippen molar-refractivity contribution in [3.05, 3.63) is 46.5 Å². The van der Waals surface area contributed by atoms with Crippen molar-refractivity contribution in [1.82, 2.24) is 0 Å². The Morgan fingerprint density at radius 1 is 1.17 bits per heavy atom. The van der Waals surface area contributed by atoms with Crippen LogP contribution in [-0.2, 0) is 0 Å². The Kier molecular flexibility index (Phi) is 4.64. The summed E-state index contributed by atoms with van der Waals surface area (Å²) in [4.78, 5) is 0. The number of hydrogen-bond acceptors (Lipinski definition) is 1. The third kappa shape index (κ3) is 3.70. The van der Waals surface area contributed by atoms with Crippen LogP contribution in [0.5, 0.6) is 0 Å². The number of rotatable bonds is 1. The summed E-state index contributed by atoms with van der Waals surface area (Å²) in [6.07, 6.45) is 6.65. The second kappa shape index (κ2) is 6.54. The molecule has 2 aliphatic carbocycles. The van der Waals surface area contributed by atoms with Crippen molar-refractivity contribution in [2.75, 3.05) is 0 Å². The molecule has 0 spiro atoms. The zero-order valence-corrected chi connectivity index (χ0v) is 14.7. The van der Waals surface area contributed by atoms with E-state index in [1.54, 1.807) is 11.1 Å². The Hall–Kier alpha value is -1.52. The van der Waals surface area contributed by atoms with Crippen LogP contribution < -0.4 is 0 Å². The first-order chi connectivity index (χ1) is 11.0. The second-order valence-electron chi connectivity index (χ2n) is 7.90. The number of allylic oxidation sites excluding steroid dienone is 2. The van der Waals surface area contributed by atoms with Gasteiger partial charge in [-0.1, -0.05) is 54.5 Å². The van der Waals surface area contributed by atoms with Gasteiger partial charge in [-0.15, -0.1) is 0 Å². The Labute approximate surface area is 140 Å². The van der Waals surface area contributed by atoms with Gasteiger partial charge in [-0.3, -0.25) is 0 Å². The van der Waals surface area contributed by atoms with Crippen molar-refractivity contribution >= 4 is 0 Å². The lowest BCUT2D eigenvalue weighted by molar-refractivity contribution is 0.141. The molecule has 2 aliphatic rings. The number of aliphatic hydroxyl groups is 1. The van der Waals surface area contributed by atoms with Crippen LogP contribution >= 0.6 is 0 Å². The molecule has 0 aliphatic heterocycles. The first-order valence-electron chi connectivity index (χ1n) is 8.93. The van der Waals surface area contributed by atoms with Crippen molar-refractivity contribution in [1.29, 1.82) is 0 Å². The van der Waals surface area contributed by atoms with E-state index in [0.717, 1.165) is 24.8 Å². The molecule has 0 radical (unpaired) electrons. The van der Waals surface area contributed by atoms with E-state index in [4.69, 9.17) is 0 Å². The third-order valence-corrected chi connectivity index (χ3v) is 5.67. The maximum atomic E-state index is 10.6. The third-order valence-electron chi connectivity index (χ3n) is 5.67. The summed E-state index contributed by atoms with van der Waals surface area (Å²) in [5.74, 6) is 6.53. The molecule has 1 nitrogen and oxygen atoms in total. The van der Waals surface area contributed by atoms with Gasteiger partial charge in [0, 0.05) is 11.5 Å². The van der Waals surface area contributed by atoms with Gasteiger partial charge in [0.25, 0.3) is 0 Å². The maximum absolute atomic E-state index is 10.6. The van der Waals surface area contributed by atoms with Crippen molar-refractivity contribution in [2.24, 2.45) is 11.3 Å². The highest BCUT2D eigenvalue weighted by Gasteiger charge is 2.35. The SMILES string of the molecule is Cc1ccc(C#CC(O)C2CCC3=C(C2)C(C)(C)CCC3)cc1. The molecule has 0 saturated heterocycles. The highest BCUT2D eigenvalue weighted by molar-refractivity contribution is 5.37. The first-order valence-corrected chi connectivity index (χ1v) is 8.93. The molecule has 1 aromatic rings. The highest BCUT2D eigenvalue weighted by atomic mass is 16.3. The lowest BCUT2D eigenvalue weighted by Gasteiger charge is -2.41. The summed E-state index contributed by atoms with van der Waals surface area (Å²) in [7, 11) is 0. The molecule has 0 heterocycles. The molecule has 1 heteroatoms. The summed E-state index contributed by atoms with van der Waals surface area (Å²) in [5.41, 5.74) is 5.84. The van der Waals surface area contributed by atoms with Crippen LogP contribution in [0.3, 0.4) is 0 Å². The van der Waals surface area contributed by atoms with Crippen LogP contribution in [0.25, 0.3) is 0 Å². The van der Waals surface area contributed by atoms with Crippen LogP contribution in [0, 0.1) is 30.1 Å². The van der Waals surface area contributed by atoms with E-state index in [9.17, 15) is 5.11 Å². The van der Waals surface area contributed by atoms with Gasteiger partial charge in [0.05, 0.1) is 0 Å². The van der Waals surface area contributed by atoms with Gasteiger partial charge < -0.3 is 5.11 Å². The zero-order chi connectivity index (χ0) is 16.4. The number of hydrogen-bond donors (Lipinski definition) is 1. The van der Waals surface area contributed by atoms with E-state index in [-0.39, 0.29) is 0 Å². The lowest BCUT2D eigenvalue weighted by Crippen LogP contribution is -2.30. The van der Waals surface area contributed by atoms with Crippen molar-refractivity contribution in [3.8, 4) is 11.8 Å². The molecule has 0 bridgehead atoms. The monoisotopic (exact) mass is 308 g/mol. The Balaban J connectivity index is 1.71. The molecular weight excluding hydrogens is 280 g/mol. The van der Waals surface area contributed by atoms with Gasteiger partial charge in [0.1, 0.15) is 6.10 Å². The van der Waals surface area contributed by atoms with E-state index in [2.05, 4.69) is 44.7 Å². The first kappa shape index (κ1) is 16.3. The van der Waals surface area contributed by atoms with E-state index in [1.165, 1.54) is 24.8 Å². The van der Waals surface area contributed by atoms with Gasteiger partial charge in [-0.2, -0.15) is 0 Å². The molecule has 0 aromatic heterocycles. The number of aryl methyl sites for hydroxylation is 1. The summed E-state index contributed by atoms with van der Waals surface area (Å²) < 4.78 is 0. The molecule has 1 aromatic carbocycles. The van der Waals surface area contributed by atoms with Gasteiger partial charge in [-0.25, -0.2) is 0 Å². The summed E-state index contributed by atoms with van der Waals surface area (Å²) in [5, 5.41) is 10.6. The Bertz CT molecular complexity index is 651. The normalized spacial score (nSPS) is 24.4. The minimum Gasteiger partial charge on any atom is -0.380 e. The predicted molar refractivity (Wildman–Crippen MR) is 96.1 cm³/mol. The van der Waals surface area contributed by atoms with Crippen LogP contribution in [-0.4, -0.2) is 11.2 Å². The molecule has 0 amide bonds. The smallest absolute Gasteiger partial charge is 0.118 e. The summed E-state index contributed by atoms with van der Waals surface area (Å²) >= 11 is 0. The minimum atomic E-state index is -0.511. The van der Waals surface area contributed by atoms with Gasteiger partial charge in [0.2, 0.25) is 0 Å². The molecule has 2 atom stereocenters. The quantitative estimate of drug-likeness (QED) is 0.571. The zero-order valence-electron chi connectivity index (χ0n) is 14.7. The van der Waals surface area contributed by atoms with Crippen LogP contribution in [0.15, 0.2) is 35.4 Å². The molecule has 2 unspecified atom stereocenters. The van der Waals surface area contributed by atoms with Crippen molar-refractivity contribution in [2.45, 2.75) is 65.4 Å². The summed E-state index contributed by atoms with van der Waals surface area (Å²) in [6.45, 7) is 6.81. The Morgan fingerprint density at radius 3 is 2.65 bits per heavy atom. The number of benzene rings is 1. The molecule has 23 heavy (non-hydrogen) atoms. The minimum absolute atomic E-state index is 0.295. The molecule has 122 valence electrons. The van der Waals surface area contributed by atoms with Gasteiger partial charge in [-0.05, 0) is 63.0 Å². The second-order valence-corrected chi connectivity index (χ2v) is 7.90. The fourth-order valence-electron chi connectivity index (χ4n) is 4.13. The Morgan fingerprint density at radius 2 is 1.91 bits per heavy atom. The van der Waals surface area contributed by atoms with Crippen LogP contribution in [0.4, 0.5) is 0 Å². The maximum Gasteiger partial charge on any atom is 0.118 e. The molecular formula is C22H28O. The van der Waals surface area contributed by atoms with E-state index in [1.807, 2.05) is 12.1 Å². The molecule has 0 fully saturated rings. The molecule has 3 rings (SSSR count). The topological polar surface area (TPSA) is 20.2 Å². The van der Waals surface area contributed by atoms with E-state index >= 15 is 0 Å². The van der Waals surface area contributed by atoms with Crippen molar-refractivity contribution < 1.29 is 5.11 Å². The average Bonchev–Trinajstić information content (AvgIpc) is 2.53. The van der Waals surface area contributed by atoms with Crippen LogP contribution in [0.1, 0.15) is 63.5 Å². The number of aliphatic hydroxyl groups excluding tert-OH is 1. The van der Waals surface area contributed by atoms with E-state index < -0.39 is 6.10 Å². The van der Waals surface area contributed by atoms with Crippen LogP contribution in [0.2, 0.25) is 0 Å². The fourth-order valence-corrected chi connectivity index (χ4v) is 4.13. The van der Waals surface area contributed by atoms with Gasteiger partial charge >= 0.3 is 0 Å². The van der Waals surface area contributed by atoms with Crippen molar-refractivity contribution in [3.63, 3.8) is 0 Å². The standard InChI is InChI=1S/C22H28O/c1-16-6-8-17(9-7-16)10-13-21(23)19-12-11-18-5-4-14-22(2,3)20(18)15-19/h6-9,19,21,23H,4-5,11-12,14-15H2,1-3H3. The predicted octanol–water partition coefficient (Wildman–Crippen LogP) is 5.01. The summed E-state index contributed by atoms with van der Waals surface area (Å²) in [6, 6.07) is 8.19.